The summed E-state index contributed by atoms with van der Waals surface area (Å²) in [6.07, 6.45) is 3.66. The maximum Gasteiger partial charge on any atom is 0.0704 e. The molecule has 0 saturated carbocycles. The highest BCUT2D eigenvalue weighted by Gasteiger charge is 2.09. The van der Waals surface area contributed by atoms with Crippen molar-refractivity contribution in [1.82, 2.24) is 9.97 Å². The van der Waals surface area contributed by atoms with Gasteiger partial charge in [-0.1, -0.05) is 18.2 Å². The van der Waals surface area contributed by atoms with Gasteiger partial charge in [0.1, 0.15) is 0 Å². The van der Waals surface area contributed by atoms with Crippen molar-refractivity contribution in [2.45, 2.75) is 13.8 Å². The van der Waals surface area contributed by atoms with Gasteiger partial charge in [0, 0.05) is 23.5 Å². The average molecular weight is 260 g/mol. The van der Waals surface area contributed by atoms with Crippen LogP contribution in [0, 0.1) is 13.8 Å². The Kier molecular flexibility index (Phi) is 3.30. The van der Waals surface area contributed by atoms with Crippen molar-refractivity contribution in [3.8, 4) is 22.5 Å². The van der Waals surface area contributed by atoms with Crippen LogP contribution in [-0.4, -0.2) is 9.97 Å². The van der Waals surface area contributed by atoms with E-state index >= 15 is 0 Å². The molecule has 2 aromatic heterocycles. The van der Waals surface area contributed by atoms with Crippen molar-refractivity contribution in [2.24, 2.45) is 0 Å². The molecule has 0 fully saturated rings. The minimum atomic E-state index is 1.00. The lowest BCUT2D eigenvalue weighted by Crippen LogP contribution is -1.92. The van der Waals surface area contributed by atoms with Crippen LogP contribution in [0.2, 0.25) is 0 Å². The number of benzene rings is 1. The van der Waals surface area contributed by atoms with Crippen LogP contribution in [-0.2, 0) is 0 Å². The van der Waals surface area contributed by atoms with E-state index in [1.165, 1.54) is 11.1 Å². The summed E-state index contributed by atoms with van der Waals surface area (Å²) in [6.45, 7) is 4.25. The van der Waals surface area contributed by atoms with Gasteiger partial charge in [0.2, 0.25) is 0 Å². The molecule has 0 bridgehead atoms. The molecule has 98 valence electrons. The standard InChI is InChI=1S/C18H16N2/c1-13-11-14(2)16(18-8-4-6-10-20-18)12-15(13)17-7-3-5-9-19-17/h3-12H,1-2H3. The second-order valence-corrected chi connectivity index (χ2v) is 4.91. The molecule has 2 heterocycles. The van der Waals surface area contributed by atoms with E-state index in [-0.39, 0.29) is 0 Å². The number of aromatic nitrogens is 2. The van der Waals surface area contributed by atoms with Crippen molar-refractivity contribution in [2.75, 3.05) is 0 Å². The molecule has 0 N–H and O–H groups in total. The summed E-state index contributed by atoms with van der Waals surface area (Å²) in [6, 6.07) is 16.4. The van der Waals surface area contributed by atoms with E-state index in [1.54, 1.807) is 0 Å². The van der Waals surface area contributed by atoms with E-state index in [4.69, 9.17) is 0 Å². The van der Waals surface area contributed by atoms with Gasteiger partial charge in [-0.3, -0.25) is 9.97 Å². The summed E-state index contributed by atoms with van der Waals surface area (Å²) < 4.78 is 0. The molecule has 0 saturated heterocycles. The van der Waals surface area contributed by atoms with Gasteiger partial charge in [-0.05, 0) is 55.3 Å². The lowest BCUT2D eigenvalue weighted by atomic mass is 9.96. The smallest absolute Gasteiger partial charge is 0.0704 e. The molecular formula is C18H16N2. The summed E-state index contributed by atoms with van der Waals surface area (Å²) in [5.74, 6) is 0. The van der Waals surface area contributed by atoms with Gasteiger partial charge in [0.05, 0.1) is 11.4 Å². The molecule has 0 spiro atoms. The maximum absolute atomic E-state index is 4.45. The third-order valence-electron chi connectivity index (χ3n) is 3.45. The number of hydrogen-bond acceptors (Lipinski definition) is 2. The summed E-state index contributed by atoms with van der Waals surface area (Å²) in [7, 11) is 0. The van der Waals surface area contributed by atoms with Crippen LogP contribution in [0.3, 0.4) is 0 Å². The number of nitrogens with zero attached hydrogens (tertiary/aromatic N) is 2. The molecule has 1 aromatic carbocycles. The first-order valence-corrected chi connectivity index (χ1v) is 6.70. The van der Waals surface area contributed by atoms with E-state index in [0.717, 1.165) is 22.5 Å². The SMILES string of the molecule is Cc1cc(C)c(-c2ccccn2)cc1-c1ccccn1. The Balaban J connectivity index is 2.19. The Hall–Kier alpha value is -2.48. The second-order valence-electron chi connectivity index (χ2n) is 4.91. The molecule has 3 rings (SSSR count). The molecule has 0 aliphatic rings. The Morgan fingerprint density at radius 1 is 0.650 bits per heavy atom. The summed E-state index contributed by atoms with van der Waals surface area (Å²) in [4.78, 5) is 8.91. The van der Waals surface area contributed by atoms with Crippen molar-refractivity contribution < 1.29 is 0 Å². The molecule has 0 unspecified atom stereocenters. The third-order valence-corrected chi connectivity index (χ3v) is 3.45. The van der Waals surface area contributed by atoms with E-state index in [1.807, 2.05) is 48.8 Å². The third kappa shape index (κ3) is 2.32. The summed E-state index contributed by atoms with van der Waals surface area (Å²) in [5, 5.41) is 0. The lowest BCUT2D eigenvalue weighted by molar-refractivity contribution is 1.27. The van der Waals surface area contributed by atoms with Crippen molar-refractivity contribution in [1.29, 1.82) is 0 Å². The highest BCUT2D eigenvalue weighted by molar-refractivity contribution is 5.74. The van der Waals surface area contributed by atoms with E-state index in [9.17, 15) is 0 Å². The number of aryl methyl sites for hydroxylation is 2. The molecular weight excluding hydrogens is 244 g/mol. The van der Waals surface area contributed by atoms with Gasteiger partial charge in [0.25, 0.3) is 0 Å². The van der Waals surface area contributed by atoms with Gasteiger partial charge in [0.15, 0.2) is 0 Å². The van der Waals surface area contributed by atoms with Crippen LogP contribution in [0.15, 0.2) is 60.9 Å². The fourth-order valence-corrected chi connectivity index (χ4v) is 2.45. The first kappa shape index (κ1) is 12.5. The zero-order chi connectivity index (χ0) is 13.9. The zero-order valence-corrected chi connectivity index (χ0v) is 11.7. The van der Waals surface area contributed by atoms with E-state index in [0.29, 0.717) is 0 Å². The van der Waals surface area contributed by atoms with E-state index in [2.05, 4.69) is 35.9 Å². The second kappa shape index (κ2) is 5.25. The van der Waals surface area contributed by atoms with Crippen LogP contribution in [0.1, 0.15) is 11.1 Å². The molecule has 2 nitrogen and oxygen atoms in total. The normalized spacial score (nSPS) is 10.5. The Morgan fingerprint density at radius 2 is 1.15 bits per heavy atom. The zero-order valence-electron chi connectivity index (χ0n) is 11.7. The summed E-state index contributed by atoms with van der Waals surface area (Å²) >= 11 is 0. The first-order valence-electron chi connectivity index (χ1n) is 6.70. The van der Waals surface area contributed by atoms with Crippen LogP contribution in [0.4, 0.5) is 0 Å². The minimum absolute atomic E-state index is 1.00. The van der Waals surface area contributed by atoms with Crippen LogP contribution >= 0.6 is 0 Å². The Morgan fingerprint density at radius 3 is 1.55 bits per heavy atom. The monoisotopic (exact) mass is 260 g/mol. The molecule has 0 aliphatic carbocycles. The van der Waals surface area contributed by atoms with Crippen molar-refractivity contribution in [3.63, 3.8) is 0 Å². The Labute approximate surface area is 119 Å². The van der Waals surface area contributed by atoms with Crippen LogP contribution in [0.5, 0.6) is 0 Å². The molecule has 20 heavy (non-hydrogen) atoms. The van der Waals surface area contributed by atoms with E-state index < -0.39 is 0 Å². The molecule has 0 amide bonds. The van der Waals surface area contributed by atoms with Crippen molar-refractivity contribution >= 4 is 0 Å². The molecule has 0 atom stereocenters. The predicted octanol–water partition coefficient (Wildman–Crippen LogP) is 4.43. The minimum Gasteiger partial charge on any atom is -0.256 e. The highest BCUT2D eigenvalue weighted by atomic mass is 14.7. The average Bonchev–Trinajstić information content (AvgIpc) is 2.49. The number of pyridine rings is 2. The number of hydrogen-bond donors (Lipinski definition) is 0. The van der Waals surface area contributed by atoms with Gasteiger partial charge in [-0.2, -0.15) is 0 Å². The molecule has 3 aromatic rings. The van der Waals surface area contributed by atoms with Crippen LogP contribution in [0.25, 0.3) is 22.5 Å². The highest BCUT2D eigenvalue weighted by Crippen LogP contribution is 2.30. The largest absolute Gasteiger partial charge is 0.256 e. The quantitative estimate of drug-likeness (QED) is 0.681. The fraction of sp³-hybridized carbons (Fsp3) is 0.111. The van der Waals surface area contributed by atoms with Gasteiger partial charge < -0.3 is 0 Å². The van der Waals surface area contributed by atoms with Crippen LogP contribution < -0.4 is 0 Å². The Bertz CT molecular complexity index is 658. The van der Waals surface area contributed by atoms with Gasteiger partial charge >= 0.3 is 0 Å². The lowest BCUT2D eigenvalue weighted by Gasteiger charge is -2.11. The summed E-state index contributed by atoms with van der Waals surface area (Å²) in [5.41, 5.74) is 6.81. The predicted molar refractivity (Wildman–Crippen MR) is 82.4 cm³/mol. The van der Waals surface area contributed by atoms with Gasteiger partial charge in [-0.15, -0.1) is 0 Å². The first-order chi connectivity index (χ1) is 9.75. The number of rotatable bonds is 2. The fourth-order valence-electron chi connectivity index (χ4n) is 2.45. The topological polar surface area (TPSA) is 25.8 Å². The molecule has 0 aliphatic heterocycles. The van der Waals surface area contributed by atoms with Crippen molar-refractivity contribution in [3.05, 3.63) is 72.1 Å². The maximum atomic E-state index is 4.45. The molecule has 2 heteroatoms. The molecule has 0 radical (unpaired) electrons. The van der Waals surface area contributed by atoms with Gasteiger partial charge in [-0.25, -0.2) is 0 Å².